The Balaban J connectivity index is 1.49. The van der Waals surface area contributed by atoms with Crippen molar-refractivity contribution < 1.29 is 23.2 Å². The minimum Gasteiger partial charge on any atom is -0.292 e. The van der Waals surface area contributed by atoms with Gasteiger partial charge in [0.05, 0.1) is 29.8 Å². The van der Waals surface area contributed by atoms with Crippen LogP contribution in [-0.2, 0) is 9.59 Å². The van der Waals surface area contributed by atoms with E-state index >= 15 is 0 Å². The fraction of sp³-hybridized carbons (Fsp3) is 0.154. The number of hydrazone groups is 1. The summed E-state index contributed by atoms with van der Waals surface area (Å²) >= 11 is 0. The number of halogens is 2. The summed E-state index contributed by atoms with van der Waals surface area (Å²) in [5, 5.41) is 6.02. The van der Waals surface area contributed by atoms with Gasteiger partial charge in [-0.15, -0.1) is 0 Å². The van der Waals surface area contributed by atoms with Gasteiger partial charge in [0.25, 0.3) is 0 Å². The zero-order valence-electron chi connectivity index (χ0n) is 17.6. The van der Waals surface area contributed by atoms with E-state index in [0.29, 0.717) is 0 Å². The molecule has 0 radical (unpaired) electrons. The molecule has 168 valence electrons. The molecule has 2 amide bonds. The molecule has 0 spiro atoms. The maximum Gasteiger partial charge on any atom is 0.240 e. The molecule has 2 fully saturated rings. The molecule has 0 bridgehead atoms. The van der Waals surface area contributed by atoms with E-state index in [-0.39, 0.29) is 11.3 Å². The van der Waals surface area contributed by atoms with Gasteiger partial charge in [0, 0.05) is 5.56 Å². The van der Waals surface area contributed by atoms with Crippen molar-refractivity contribution in [3.8, 4) is 0 Å². The molecule has 2 saturated heterocycles. The standard InChI is InChI=1S/C26H17F2N3O3/c27-16-7-5-14(6-8-16)24(32)23-21-20(22-19-4-2-1-3-15(19)13-29-31(22)23)25(33)30(26(21)34)18-11-9-17(28)10-12-18/h1-13,20-23H. The van der Waals surface area contributed by atoms with Gasteiger partial charge in [0.15, 0.2) is 5.78 Å². The van der Waals surface area contributed by atoms with Gasteiger partial charge in [0.1, 0.15) is 17.7 Å². The number of Topliss-reactive ketones (excluding diaryl/α,β-unsaturated/α-hetero) is 1. The lowest BCUT2D eigenvalue weighted by molar-refractivity contribution is -0.124. The third-order valence-electron chi connectivity index (χ3n) is 6.78. The first-order valence-electron chi connectivity index (χ1n) is 10.8. The molecule has 0 N–H and O–H groups in total. The number of hydrogen-bond acceptors (Lipinski definition) is 5. The summed E-state index contributed by atoms with van der Waals surface area (Å²) in [7, 11) is 0. The summed E-state index contributed by atoms with van der Waals surface area (Å²) < 4.78 is 27.0. The van der Waals surface area contributed by atoms with Crippen LogP contribution in [0.2, 0.25) is 0 Å². The number of carbonyl (C=O) groups is 3. The topological polar surface area (TPSA) is 70.0 Å². The van der Waals surface area contributed by atoms with Gasteiger partial charge < -0.3 is 0 Å². The molecule has 8 heteroatoms. The van der Waals surface area contributed by atoms with Gasteiger partial charge in [-0.3, -0.25) is 19.4 Å². The van der Waals surface area contributed by atoms with E-state index < -0.39 is 53.2 Å². The van der Waals surface area contributed by atoms with Gasteiger partial charge in [-0.1, -0.05) is 24.3 Å². The Morgan fingerprint density at radius 1 is 0.794 bits per heavy atom. The van der Waals surface area contributed by atoms with E-state index in [1.165, 1.54) is 48.5 Å². The highest BCUT2D eigenvalue weighted by molar-refractivity contribution is 6.24. The summed E-state index contributed by atoms with van der Waals surface area (Å²) in [5.74, 6) is -4.25. The summed E-state index contributed by atoms with van der Waals surface area (Å²) in [6, 6.07) is 15.9. The second kappa shape index (κ2) is 7.41. The summed E-state index contributed by atoms with van der Waals surface area (Å²) in [4.78, 5) is 42.0. The fourth-order valence-electron chi connectivity index (χ4n) is 5.30. The highest BCUT2D eigenvalue weighted by Crippen LogP contribution is 2.53. The van der Waals surface area contributed by atoms with Crippen molar-refractivity contribution in [2.75, 3.05) is 4.90 Å². The first-order chi connectivity index (χ1) is 16.5. The Bertz CT molecular complexity index is 1370. The monoisotopic (exact) mass is 457 g/mol. The second-order valence-corrected chi connectivity index (χ2v) is 8.55. The predicted octanol–water partition coefficient (Wildman–Crippen LogP) is 3.73. The third kappa shape index (κ3) is 2.84. The van der Waals surface area contributed by atoms with Crippen LogP contribution in [0.15, 0.2) is 77.9 Å². The maximum atomic E-state index is 13.7. The molecule has 3 aliphatic rings. The maximum absolute atomic E-state index is 13.7. The zero-order chi connectivity index (χ0) is 23.6. The number of anilines is 1. The van der Waals surface area contributed by atoms with Crippen LogP contribution >= 0.6 is 0 Å². The van der Waals surface area contributed by atoms with Crippen LogP contribution in [0.25, 0.3) is 0 Å². The molecule has 0 aromatic heterocycles. The van der Waals surface area contributed by atoms with Crippen LogP contribution in [-0.4, -0.2) is 34.9 Å². The van der Waals surface area contributed by atoms with Crippen LogP contribution in [0.5, 0.6) is 0 Å². The average Bonchev–Trinajstić information content (AvgIpc) is 3.32. The zero-order valence-corrected chi connectivity index (χ0v) is 17.6. The van der Waals surface area contributed by atoms with Crippen molar-refractivity contribution in [2.24, 2.45) is 16.9 Å². The number of amides is 2. The Morgan fingerprint density at radius 3 is 2.12 bits per heavy atom. The van der Waals surface area contributed by atoms with Crippen molar-refractivity contribution in [2.45, 2.75) is 12.1 Å². The highest BCUT2D eigenvalue weighted by atomic mass is 19.1. The lowest BCUT2D eigenvalue weighted by Gasteiger charge is -2.33. The van der Waals surface area contributed by atoms with E-state index in [1.54, 1.807) is 11.2 Å². The largest absolute Gasteiger partial charge is 0.292 e. The normalized spacial score (nSPS) is 24.8. The molecule has 3 heterocycles. The molecule has 0 aliphatic carbocycles. The summed E-state index contributed by atoms with van der Waals surface area (Å²) in [6.07, 6.45) is 1.62. The summed E-state index contributed by atoms with van der Waals surface area (Å²) in [5.41, 5.74) is 2.07. The number of nitrogens with zero attached hydrogens (tertiary/aromatic N) is 3. The van der Waals surface area contributed by atoms with E-state index in [0.717, 1.165) is 16.0 Å². The molecule has 3 aromatic rings. The van der Waals surface area contributed by atoms with Gasteiger partial charge in [-0.2, -0.15) is 5.10 Å². The lowest BCUT2D eigenvalue weighted by Crippen LogP contribution is -2.44. The average molecular weight is 457 g/mol. The van der Waals surface area contributed by atoms with Crippen molar-refractivity contribution >= 4 is 29.5 Å². The Kier molecular flexibility index (Phi) is 4.45. The van der Waals surface area contributed by atoms with Crippen molar-refractivity contribution in [3.05, 3.63) is 101 Å². The van der Waals surface area contributed by atoms with Crippen LogP contribution in [0, 0.1) is 23.5 Å². The van der Waals surface area contributed by atoms with Crippen molar-refractivity contribution in [1.82, 2.24) is 5.01 Å². The number of carbonyl (C=O) groups excluding carboxylic acids is 3. The number of benzene rings is 3. The van der Waals surface area contributed by atoms with Crippen LogP contribution in [0.3, 0.4) is 0 Å². The Morgan fingerprint density at radius 2 is 1.41 bits per heavy atom. The first-order valence-corrected chi connectivity index (χ1v) is 10.8. The molecule has 6 rings (SSSR count). The molecule has 0 saturated carbocycles. The Labute approximate surface area is 193 Å². The molecule has 4 unspecified atom stereocenters. The molecule has 4 atom stereocenters. The molecular formula is C26H17F2N3O3. The molecule has 6 nitrogen and oxygen atoms in total. The fourth-order valence-corrected chi connectivity index (χ4v) is 5.30. The Hall–Kier alpha value is -4.20. The molecular weight excluding hydrogens is 440 g/mol. The van der Waals surface area contributed by atoms with Crippen molar-refractivity contribution in [3.63, 3.8) is 0 Å². The van der Waals surface area contributed by atoms with E-state index in [2.05, 4.69) is 5.10 Å². The molecule has 3 aromatic carbocycles. The number of fused-ring (bicyclic) bond motifs is 5. The van der Waals surface area contributed by atoms with Crippen LogP contribution in [0.1, 0.15) is 27.5 Å². The number of rotatable bonds is 3. The quantitative estimate of drug-likeness (QED) is 0.444. The number of ketones is 1. The van der Waals surface area contributed by atoms with E-state index in [4.69, 9.17) is 0 Å². The van der Waals surface area contributed by atoms with Gasteiger partial charge in [0.2, 0.25) is 11.8 Å². The van der Waals surface area contributed by atoms with Gasteiger partial charge >= 0.3 is 0 Å². The second-order valence-electron chi connectivity index (χ2n) is 8.55. The van der Waals surface area contributed by atoms with Crippen molar-refractivity contribution in [1.29, 1.82) is 0 Å². The smallest absolute Gasteiger partial charge is 0.240 e. The minimum absolute atomic E-state index is 0.223. The van der Waals surface area contributed by atoms with Crippen LogP contribution < -0.4 is 4.90 Å². The van der Waals surface area contributed by atoms with Gasteiger partial charge in [-0.25, -0.2) is 13.7 Å². The SMILES string of the molecule is O=C(c1ccc(F)cc1)C1C2C(=O)N(c3ccc(F)cc3)C(=O)C2C2c3ccccc3C=NN12. The van der Waals surface area contributed by atoms with E-state index in [1.807, 2.05) is 24.3 Å². The minimum atomic E-state index is -1.05. The third-order valence-corrected chi connectivity index (χ3v) is 6.78. The predicted molar refractivity (Wildman–Crippen MR) is 119 cm³/mol. The number of hydrogen-bond donors (Lipinski definition) is 0. The van der Waals surface area contributed by atoms with Gasteiger partial charge in [-0.05, 0) is 59.7 Å². The van der Waals surface area contributed by atoms with E-state index in [9.17, 15) is 23.2 Å². The lowest BCUT2D eigenvalue weighted by atomic mass is 9.83. The van der Waals surface area contributed by atoms with Crippen LogP contribution in [0.4, 0.5) is 14.5 Å². The highest BCUT2D eigenvalue weighted by Gasteiger charge is 2.65. The first kappa shape index (κ1) is 20.4. The molecule has 34 heavy (non-hydrogen) atoms. The molecule has 3 aliphatic heterocycles. The number of imide groups is 1. The summed E-state index contributed by atoms with van der Waals surface area (Å²) in [6.45, 7) is 0.